The van der Waals surface area contributed by atoms with Gasteiger partial charge in [0.05, 0.1) is 12.9 Å². The van der Waals surface area contributed by atoms with Gasteiger partial charge in [-0.1, -0.05) is 43.8 Å². The topological polar surface area (TPSA) is 81.9 Å². The molecule has 0 fully saturated rings. The van der Waals surface area contributed by atoms with Crippen molar-refractivity contribution in [1.82, 2.24) is 19.7 Å². The van der Waals surface area contributed by atoms with E-state index in [0.717, 1.165) is 46.7 Å². The van der Waals surface area contributed by atoms with Gasteiger partial charge < -0.3 is 10.1 Å². The summed E-state index contributed by atoms with van der Waals surface area (Å²) in [5.41, 5.74) is 4.97. The summed E-state index contributed by atoms with van der Waals surface area (Å²) in [4.78, 5) is 17.0. The maximum absolute atomic E-state index is 12.9. The first-order chi connectivity index (χ1) is 16.6. The van der Waals surface area contributed by atoms with Gasteiger partial charge in [0, 0.05) is 29.3 Å². The Balaban J connectivity index is 1.60. The minimum atomic E-state index is -0.0738. The van der Waals surface area contributed by atoms with Crippen molar-refractivity contribution in [2.45, 2.75) is 31.8 Å². The van der Waals surface area contributed by atoms with Crippen molar-refractivity contribution in [2.75, 3.05) is 18.2 Å². The van der Waals surface area contributed by atoms with Gasteiger partial charge in [-0.25, -0.2) is 0 Å². The molecule has 0 saturated carbocycles. The third-order valence-corrected chi connectivity index (χ3v) is 6.43. The van der Waals surface area contributed by atoms with Crippen molar-refractivity contribution in [1.29, 1.82) is 0 Å². The molecule has 0 aliphatic heterocycles. The highest BCUT2D eigenvalue weighted by atomic mass is 32.2. The molecule has 0 bridgehead atoms. The van der Waals surface area contributed by atoms with E-state index < -0.39 is 0 Å². The van der Waals surface area contributed by atoms with Gasteiger partial charge in [-0.3, -0.25) is 14.3 Å². The van der Waals surface area contributed by atoms with E-state index in [4.69, 9.17) is 4.74 Å². The number of aromatic nitrogens is 4. The van der Waals surface area contributed by atoms with Crippen LogP contribution in [0.5, 0.6) is 5.75 Å². The third kappa shape index (κ3) is 5.12. The van der Waals surface area contributed by atoms with Crippen molar-refractivity contribution in [2.24, 2.45) is 0 Å². The summed E-state index contributed by atoms with van der Waals surface area (Å²) in [5, 5.41) is 12.6. The minimum Gasteiger partial charge on any atom is -0.497 e. The summed E-state index contributed by atoms with van der Waals surface area (Å²) in [7, 11) is 1.64. The highest BCUT2D eigenvalue weighted by Crippen LogP contribution is 2.29. The molecular formula is C26H27N5O2S. The normalized spacial score (nSPS) is 10.8. The lowest BCUT2D eigenvalue weighted by Crippen LogP contribution is -2.17. The molecule has 2 heterocycles. The number of hydrogen-bond donors (Lipinski definition) is 1. The lowest BCUT2D eigenvalue weighted by Gasteiger charge is -2.14. The summed E-state index contributed by atoms with van der Waals surface area (Å²) in [6.07, 6.45) is 5.16. The van der Waals surface area contributed by atoms with Crippen molar-refractivity contribution in [3.8, 4) is 22.8 Å². The number of methoxy groups -OCH3 is 1. The standard InChI is InChI=1S/C26H27N5O2S/c1-4-18-7-6-8-19(5-2)24(18)28-23(32)17-34-26-30-29-25(20-13-15-27-16-14-20)31(26)21-9-11-22(33-3)12-10-21/h6-16H,4-5,17H2,1-3H3,(H,28,32). The largest absolute Gasteiger partial charge is 0.497 e. The number of carbonyl (C=O) groups is 1. The van der Waals surface area contributed by atoms with Crippen LogP contribution in [0.1, 0.15) is 25.0 Å². The number of benzene rings is 2. The highest BCUT2D eigenvalue weighted by Gasteiger charge is 2.18. The molecule has 2 aromatic heterocycles. The number of anilines is 1. The Hall–Kier alpha value is -3.65. The maximum atomic E-state index is 12.9. The van der Waals surface area contributed by atoms with E-state index in [1.807, 2.05) is 47.0 Å². The van der Waals surface area contributed by atoms with E-state index in [0.29, 0.717) is 11.0 Å². The van der Waals surface area contributed by atoms with Crippen LogP contribution in [0.25, 0.3) is 17.1 Å². The number of thioether (sulfide) groups is 1. The molecule has 4 aromatic rings. The van der Waals surface area contributed by atoms with E-state index in [1.165, 1.54) is 11.8 Å². The molecule has 0 unspecified atom stereocenters. The summed E-state index contributed by atoms with van der Waals surface area (Å²) in [6, 6.07) is 17.6. The zero-order chi connectivity index (χ0) is 23.9. The number of pyridine rings is 1. The van der Waals surface area contributed by atoms with Crippen molar-refractivity contribution in [3.05, 3.63) is 78.1 Å². The summed E-state index contributed by atoms with van der Waals surface area (Å²) >= 11 is 1.35. The highest BCUT2D eigenvalue weighted by molar-refractivity contribution is 7.99. The molecule has 0 radical (unpaired) electrons. The number of nitrogens with zero attached hydrogens (tertiary/aromatic N) is 4. The Morgan fingerprint density at radius 3 is 2.26 bits per heavy atom. The van der Waals surface area contributed by atoms with Gasteiger partial charge in [0.1, 0.15) is 5.75 Å². The lowest BCUT2D eigenvalue weighted by atomic mass is 10.0. The molecule has 1 amide bonds. The van der Waals surface area contributed by atoms with Crippen LogP contribution in [0, 0.1) is 0 Å². The molecule has 174 valence electrons. The van der Waals surface area contributed by atoms with Crippen LogP contribution in [0.15, 0.2) is 72.1 Å². The summed E-state index contributed by atoms with van der Waals surface area (Å²) in [5.74, 6) is 1.58. The number of ether oxygens (including phenoxy) is 1. The number of hydrogen-bond acceptors (Lipinski definition) is 6. The molecule has 0 aliphatic carbocycles. The van der Waals surface area contributed by atoms with Crippen LogP contribution >= 0.6 is 11.8 Å². The molecule has 0 spiro atoms. The summed E-state index contributed by atoms with van der Waals surface area (Å²) in [6.45, 7) is 4.19. The summed E-state index contributed by atoms with van der Waals surface area (Å²) < 4.78 is 7.25. The Bertz CT molecular complexity index is 1230. The monoisotopic (exact) mass is 473 g/mol. The molecular weight excluding hydrogens is 446 g/mol. The van der Waals surface area contributed by atoms with Crippen LogP contribution in [0.2, 0.25) is 0 Å². The molecule has 4 rings (SSSR count). The predicted octanol–water partition coefficient (Wildman–Crippen LogP) is 5.19. The van der Waals surface area contributed by atoms with Crippen LogP contribution < -0.4 is 10.1 Å². The molecule has 0 aliphatic rings. The smallest absolute Gasteiger partial charge is 0.234 e. The van der Waals surface area contributed by atoms with E-state index in [2.05, 4.69) is 46.5 Å². The molecule has 8 heteroatoms. The van der Waals surface area contributed by atoms with Crippen LogP contribution in [0.4, 0.5) is 5.69 Å². The number of amides is 1. The fourth-order valence-electron chi connectivity index (χ4n) is 3.72. The van der Waals surface area contributed by atoms with E-state index in [9.17, 15) is 4.79 Å². The minimum absolute atomic E-state index is 0.0738. The van der Waals surface area contributed by atoms with Gasteiger partial charge in [0.2, 0.25) is 5.91 Å². The fraction of sp³-hybridized carbons (Fsp3) is 0.231. The zero-order valence-corrected chi connectivity index (χ0v) is 20.3. The molecule has 0 saturated heterocycles. The van der Waals surface area contributed by atoms with Gasteiger partial charge >= 0.3 is 0 Å². The Morgan fingerprint density at radius 2 is 1.65 bits per heavy atom. The number of para-hydroxylation sites is 1. The predicted molar refractivity (Wildman–Crippen MR) is 136 cm³/mol. The van der Waals surface area contributed by atoms with E-state index in [1.54, 1.807) is 19.5 Å². The van der Waals surface area contributed by atoms with E-state index >= 15 is 0 Å². The quantitative estimate of drug-likeness (QED) is 0.337. The molecule has 34 heavy (non-hydrogen) atoms. The van der Waals surface area contributed by atoms with Crippen molar-refractivity contribution >= 4 is 23.4 Å². The first-order valence-electron chi connectivity index (χ1n) is 11.2. The third-order valence-electron chi connectivity index (χ3n) is 5.50. The van der Waals surface area contributed by atoms with Gasteiger partial charge in [-0.2, -0.15) is 0 Å². The maximum Gasteiger partial charge on any atom is 0.234 e. The Morgan fingerprint density at radius 1 is 0.971 bits per heavy atom. The average molecular weight is 474 g/mol. The second-order valence-corrected chi connectivity index (χ2v) is 8.51. The Kier molecular flexibility index (Phi) is 7.59. The first-order valence-corrected chi connectivity index (χ1v) is 12.2. The van der Waals surface area contributed by atoms with Gasteiger partial charge in [-0.15, -0.1) is 10.2 Å². The van der Waals surface area contributed by atoms with Crippen molar-refractivity contribution < 1.29 is 9.53 Å². The van der Waals surface area contributed by atoms with Crippen LogP contribution in [-0.4, -0.2) is 38.5 Å². The number of nitrogens with one attached hydrogen (secondary N) is 1. The van der Waals surface area contributed by atoms with Gasteiger partial charge in [-0.05, 0) is 60.4 Å². The zero-order valence-electron chi connectivity index (χ0n) is 19.5. The number of aryl methyl sites for hydroxylation is 2. The molecule has 0 atom stereocenters. The molecule has 7 nitrogen and oxygen atoms in total. The Labute approximate surface area is 203 Å². The number of carbonyl (C=O) groups excluding carboxylic acids is 1. The van der Waals surface area contributed by atoms with Gasteiger partial charge in [0.15, 0.2) is 11.0 Å². The van der Waals surface area contributed by atoms with Crippen LogP contribution in [-0.2, 0) is 17.6 Å². The van der Waals surface area contributed by atoms with E-state index in [-0.39, 0.29) is 11.7 Å². The number of rotatable bonds is 9. The first kappa shape index (κ1) is 23.5. The average Bonchev–Trinajstić information content (AvgIpc) is 3.32. The second kappa shape index (κ2) is 11.0. The molecule has 1 N–H and O–H groups in total. The second-order valence-electron chi connectivity index (χ2n) is 7.57. The SMILES string of the molecule is CCc1cccc(CC)c1NC(=O)CSc1nnc(-c2ccncc2)n1-c1ccc(OC)cc1. The molecule has 2 aromatic carbocycles. The van der Waals surface area contributed by atoms with Gasteiger partial charge in [0.25, 0.3) is 0 Å². The van der Waals surface area contributed by atoms with Crippen LogP contribution in [0.3, 0.4) is 0 Å². The fourth-order valence-corrected chi connectivity index (χ4v) is 4.48. The van der Waals surface area contributed by atoms with Crippen molar-refractivity contribution in [3.63, 3.8) is 0 Å². The lowest BCUT2D eigenvalue weighted by molar-refractivity contribution is -0.113.